The summed E-state index contributed by atoms with van der Waals surface area (Å²) in [6.45, 7) is 1.35. The minimum absolute atomic E-state index is 0.106. The highest BCUT2D eigenvalue weighted by Crippen LogP contribution is 2.47. The number of methoxy groups -OCH3 is 2. The lowest BCUT2D eigenvalue weighted by molar-refractivity contribution is 0.0943. The van der Waals surface area contributed by atoms with Gasteiger partial charge in [0.05, 0.1) is 14.2 Å². The largest absolute Gasteiger partial charge is 0.497 e. The molecule has 1 aromatic carbocycles. The maximum absolute atomic E-state index is 12.2. The van der Waals surface area contributed by atoms with Crippen LogP contribution < -0.4 is 20.5 Å². The van der Waals surface area contributed by atoms with Gasteiger partial charge in [0.15, 0.2) is 0 Å². The Morgan fingerprint density at radius 2 is 1.85 bits per heavy atom. The first kappa shape index (κ1) is 14.7. The van der Waals surface area contributed by atoms with Crippen LogP contribution in [0, 0.1) is 5.41 Å². The maximum Gasteiger partial charge on any atom is 0.251 e. The number of nitrogens with one attached hydrogen (secondary N) is 1. The summed E-state index contributed by atoms with van der Waals surface area (Å²) >= 11 is 0. The zero-order valence-corrected chi connectivity index (χ0v) is 12.1. The number of carbonyl (C=O) groups is 1. The highest BCUT2D eigenvalue weighted by molar-refractivity contribution is 5.95. The van der Waals surface area contributed by atoms with Gasteiger partial charge in [0.25, 0.3) is 5.91 Å². The van der Waals surface area contributed by atoms with Crippen molar-refractivity contribution in [3.63, 3.8) is 0 Å². The van der Waals surface area contributed by atoms with E-state index in [1.165, 1.54) is 0 Å². The number of ether oxygens (including phenoxy) is 2. The van der Waals surface area contributed by atoms with E-state index in [1.807, 2.05) is 0 Å². The van der Waals surface area contributed by atoms with E-state index in [0.29, 0.717) is 30.2 Å². The molecule has 0 aromatic heterocycles. The Bertz CT molecular complexity index is 462. The summed E-state index contributed by atoms with van der Waals surface area (Å²) in [4.78, 5) is 12.2. The zero-order chi connectivity index (χ0) is 14.6. The fourth-order valence-corrected chi connectivity index (χ4v) is 2.31. The van der Waals surface area contributed by atoms with Crippen LogP contribution >= 0.6 is 0 Å². The highest BCUT2D eigenvalue weighted by Gasteiger charge is 2.41. The van der Waals surface area contributed by atoms with Crippen LogP contribution in [0.4, 0.5) is 0 Å². The lowest BCUT2D eigenvalue weighted by Gasteiger charge is -2.15. The van der Waals surface area contributed by atoms with Crippen LogP contribution in [0.1, 0.15) is 29.6 Å². The van der Waals surface area contributed by atoms with Crippen molar-refractivity contribution in [2.75, 3.05) is 27.3 Å². The number of amides is 1. The molecule has 5 nitrogen and oxygen atoms in total. The van der Waals surface area contributed by atoms with Gasteiger partial charge in [-0.25, -0.2) is 0 Å². The van der Waals surface area contributed by atoms with Gasteiger partial charge < -0.3 is 20.5 Å². The van der Waals surface area contributed by atoms with E-state index < -0.39 is 0 Å². The summed E-state index contributed by atoms with van der Waals surface area (Å²) < 4.78 is 10.3. The average Bonchev–Trinajstić information content (AvgIpc) is 3.24. The molecule has 0 radical (unpaired) electrons. The predicted octanol–water partition coefficient (Wildman–Crippen LogP) is 1.56. The molecule has 0 aliphatic heterocycles. The summed E-state index contributed by atoms with van der Waals surface area (Å²) in [6.07, 6.45) is 3.26. The first-order valence-electron chi connectivity index (χ1n) is 6.84. The van der Waals surface area contributed by atoms with Gasteiger partial charge in [0, 0.05) is 18.2 Å². The minimum Gasteiger partial charge on any atom is -0.497 e. The number of hydrogen-bond acceptors (Lipinski definition) is 4. The van der Waals surface area contributed by atoms with E-state index >= 15 is 0 Å². The molecule has 1 aliphatic carbocycles. The Kier molecular flexibility index (Phi) is 4.49. The molecule has 0 unspecified atom stereocenters. The summed E-state index contributed by atoms with van der Waals surface area (Å²) in [5, 5.41) is 2.98. The van der Waals surface area contributed by atoms with Gasteiger partial charge in [-0.3, -0.25) is 4.79 Å². The van der Waals surface area contributed by atoms with Crippen LogP contribution in [0.15, 0.2) is 18.2 Å². The fraction of sp³-hybridized carbons (Fsp3) is 0.533. The highest BCUT2D eigenvalue weighted by atomic mass is 16.5. The summed E-state index contributed by atoms with van der Waals surface area (Å²) in [5.41, 5.74) is 6.38. The molecule has 0 heterocycles. The molecule has 0 saturated heterocycles. The van der Waals surface area contributed by atoms with Crippen LogP contribution in [0.2, 0.25) is 0 Å². The van der Waals surface area contributed by atoms with Crippen LogP contribution in [0.3, 0.4) is 0 Å². The van der Waals surface area contributed by atoms with Gasteiger partial charge in [-0.1, -0.05) is 0 Å². The second-order valence-electron chi connectivity index (χ2n) is 5.32. The van der Waals surface area contributed by atoms with Gasteiger partial charge in [-0.2, -0.15) is 0 Å². The van der Waals surface area contributed by atoms with Crippen molar-refractivity contribution in [3.8, 4) is 11.5 Å². The molecule has 110 valence electrons. The first-order chi connectivity index (χ1) is 9.62. The topological polar surface area (TPSA) is 73.6 Å². The number of hydrogen-bond donors (Lipinski definition) is 2. The Balaban J connectivity index is 2.01. The SMILES string of the molecule is COc1cc(OC)cc(C(=O)NCC2(CCN)CC2)c1. The third-order valence-electron chi connectivity index (χ3n) is 3.87. The predicted molar refractivity (Wildman–Crippen MR) is 77.2 cm³/mol. The molecule has 1 aromatic rings. The van der Waals surface area contributed by atoms with Crippen molar-refractivity contribution in [3.05, 3.63) is 23.8 Å². The summed E-state index contributed by atoms with van der Waals surface area (Å²) in [7, 11) is 3.13. The summed E-state index contributed by atoms with van der Waals surface area (Å²) in [6, 6.07) is 5.16. The average molecular weight is 278 g/mol. The number of nitrogens with two attached hydrogens (primary N) is 1. The van der Waals surface area contributed by atoms with Crippen molar-refractivity contribution in [1.82, 2.24) is 5.32 Å². The van der Waals surface area contributed by atoms with E-state index in [0.717, 1.165) is 19.3 Å². The molecular weight excluding hydrogens is 256 g/mol. The molecule has 1 aliphatic rings. The zero-order valence-electron chi connectivity index (χ0n) is 12.1. The summed E-state index contributed by atoms with van der Waals surface area (Å²) in [5.74, 6) is 1.11. The molecule has 0 bridgehead atoms. The van der Waals surface area contributed by atoms with Crippen molar-refractivity contribution in [2.45, 2.75) is 19.3 Å². The standard InChI is InChI=1S/C15H22N2O3/c1-19-12-7-11(8-13(9-12)20-2)14(18)17-10-15(3-4-15)5-6-16/h7-9H,3-6,10,16H2,1-2H3,(H,17,18). The molecule has 20 heavy (non-hydrogen) atoms. The van der Waals surface area contributed by atoms with Gasteiger partial charge in [-0.15, -0.1) is 0 Å². The number of benzene rings is 1. The molecule has 0 atom stereocenters. The van der Waals surface area contributed by atoms with Gasteiger partial charge in [-0.05, 0) is 43.4 Å². The third-order valence-corrected chi connectivity index (χ3v) is 3.87. The lowest BCUT2D eigenvalue weighted by atomic mass is 10.0. The number of carbonyl (C=O) groups excluding carboxylic acids is 1. The third kappa shape index (κ3) is 3.42. The molecular formula is C15H22N2O3. The van der Waals surface area contributed by atoms with Crippen molar-refractivity contribution in [2.24, 2.45) is 11.1 Å². The molecule has 1 amide bonds. The Hall–Kier alpha value is -1.75. The van der Waals surface area contributed by atoms with Gasteiger partial charge in [0.1, 0.15) is 11.5 Å². The van der Waals surface area contributed by atoms with Crippen molar-refractivity contribution >= 4 is 5.91 Å². The Labute approximate surface area is 119 Å². The molecule has 1 fully saturated rings. The molecule has 3 N–H and O–H groups in total. The van der Waals surface area contributed by atoms with Crippen LogP contribution in [0.25, 0.3) is 0 Å². The van der Waals surface area contributed by atoms with Crippen LogP contribution in [-0.2, 0) is 0 Å². The van der Waals surface area contributed by atoms with E-state index in [1.54, 1.807) is 32.4 Å². The quantitative estimate of drug-likeness (QED) is 0.794. The van der Waals surface area contributed by atoms with E-state index in [-0.39, 0.29) is 11.3 Å². The van der Waals surface area contributed by atoms with E-state index in [9.17, 15) is 4.79 Å². The first-order valence-corrected chi connectivity index (χ1v) is 6.84. The lowest BCUT2D eigenvalue weighted by Crippen LogP contribution is -2.31. The van der Waals surface area contributed by atoms with Crippen LogP contribution in [0.5, 0.6) is 11.5 Å². The smallest absolute Gasteiger partial charge is 0.251 e. The van der Waals surface area contributed by atoms with E-state index in [2.05, 4.69) is 5.32 Å². The monoisotopic (exact) mass is 278 g/mol. The van der Waals surface area contributed by atoms with Gasteiger partial charge >= 0.3 is 0 Å². The maximum atomic E-state index is 12.2. The Morgan fingerprint density at radius 1 is 1.25 bits per heavy atom. The molecule has 0 spiro atoms. The Morgan fingerprint density at radius 3 is 2.30 bits per heavy atom. The normalized spacial score (nSPS) is 15.6. The van der Waals surface area contributed by atoms with Crippen molar-refractivity contribution < 1.29 is 14.3 Å². The second kappa shape index (κ2) is 6.13. The molecule has 5 heteroatoms. The molecule has 1 saturated carbocycles. The van der Waals surface area contributed by atoms with E-state index in [4.69, 9.17) is 15.2 Å². The van der Waals surface area contributed by atoms with Gasteiger partial charge in [0.2, 0.25) is 0 Å². The minimum atomic E-state index is -0.106. The number of rotatable bonds is 7. The van der Waals surface area contributed by atoms with Crippen molar-refractivity contribution in [1.29, 1.82) is 0 Å². The molecule has 2 rings (SSSR count). The second-order valence-corrected chi connectivity index (χ2v) is 5.32. The fourth-order valence-electron chi connectivity index (χ4n) is 2.31. The van der Waals surface area contributed by atoms with Crippen LogP contribution in [-0.4, -0.2) is 33.2 Å².